The maximum atomic E-state index is 5.95. The van der Waals surface area contributed by atoms with E-state index in [9.17, 15) is 0 Å². The zero-order chi connectivity index (χ0) is 18.6. The smallest absolute Gasteiger partial charge is 0.226 e. The van der Waals surface area contributed by atoms with Crippen LogP contribution in [0.5, 0.6) is 11.5 Å². The Hall–Kier alpha value is -2.63. The average Bonchev–Trinajstić information content (AvgIpc) is 3.30. The molecule has 1 fully saturated rings. The first kappa shape index (κ1) is 17.8. The van der Waals surface area contributed by atoms with Gasteiger partial charge in [0.25, 0.3) is 0 Å². The summed E-state index contributed by atoms with van der Waals surface area (Å²) < 4.78 is 11.9. The van der Waals surface area contributed by atoms with E-state index in [2.05, 4.69) is 4.90 Å². The molecule has 4 rings (SSSR count). The lowest BCUT2D eigenvalue weighted by Gasteiger charge is -2.13. The number of oxazole rings is 1. The zero-order valence-corrected chi connectivity index (χ0v) is 15.6. The van der Waals surface area contributed by atoms with Gasteiger partial charge in [-0.15, -0.1) is 0 Å². The predicted octanol–water partition coefficient (Wildman–Crippen LogP) is 4.22. The summed E-state index contributed by atoms with van der Waals surface area (Å²) in [5.74, 6) is 3.68. The van der Waals surface area contributed by atoms with E-state index in [0.29, 0.717) is 11.8 Å². The Morgan fingerprint density at radius 2 is 1.96 bits per heavy atom. The summed E-state index contributed by atoms with van der Waals surface area (Å²) in [4.78, 5) is 7.15. The first-order valence-electron chi connectivity index (χ1n) is 9.43. The van der Waals surface area contributed by atoms with Crippen molar-refractivity contribution in [1.82, 2.24) is 9.88 Å². The van der Waals surface area contributed by atoms with Crippen molar-refractivity contribution in [1.29, 1.82) is 0 Å². The van der Waals surface area contributed by atoms with Gasteiger partial charge in [0, 0.05) is 18.7 Å². The van der Waals surface area contributed by atoms with Gasteiger partial charge >= 0.3 is 0 Å². The molecule has 2 heterocycles. The highest BCUT2D eigenvalue weighted by atomic mass is 16.5. The van der Waals surface area contributed by atoms with Crippen molar-refractivity contribution in [3.63, 3.8) is 0 Å². The molecule has 0 spiro atoms. The normalized spacial score (nSPS) is 17.3. The molecule has 1 aliphatic rings. The molecule has 2 N–H and O–H groups in total. The largest absolute Gasteiger partial charge is 0.457 e. The van der Waals surface area contributed by atoms with Gasteiger partial charge in [-0.05, 0) is 62.7 Å². The second-order valence-corrected chi connectivity index (χ2v) is 7.09. The number of aromatic nitrogens is 1. The molecule has 1 atom stereocenters. The van der Waals surface area contributed by atoms with Gasteiger partial charge in [0.15, 0.2) is 0 Å². The molecular weight excluding hydrogens is 338 g/mol. The van der Waals surface area contributed by atoms with Gasteiger partial charge in [-0.1, -0.05) is 24.3 Å². The van der Waals surface area contributed by atoms with Crippen LogP contribution in [-0.4, -0.2) is 29.5 Å². The van der Waals surface area contributed by atoms with Crippen molar-refractivity contribution in [2.45, 2.75) is 19.9 Å². The minimum atomic E-state index is 0.600. The highest BCUT2D eigenvalue weighted by molar-refractivity contribution is 5.57. The van der Waals surface area contributed by atoms with Crippen LogP contribution in [-0.2, 0) is 6.54 Å². The van der Waals surface area contributed by atoms with Gasteiger partial charge in [-0.3, -0.25) is 4.90 Å². The lowest BCUT2D eigenvalue weighted by Crippen LogP contribution is -2.23. The number of hydrogen-bond acceptors (Lipinski definition) is 5. The van der Waals surface area contributed by atoms with Crippen LogP contribution < -0.4 is 10.5 Å². The Bertz CT molecular complexity index is 892. The van der Waals surface area contributed by atoms with Crippen molar-refractivity contribution in [2.24, 2.45) is 11.7 Å². The summed E-state index contributed by atoms with van der Waals surface area (Å²) in [7, 11) is 0. The highest BCUT2D eigenvalue weighted by Crippen LogP contribution is 2.29. The van der Waals surface area contributed by atoms with E-state index in [1.54, 1.807) is 0 Å². The summed E-state index contributed by atoms with van der Waals surface area (Å²) in [6, 6.07) is 17.6. The Morgan fingerprint density at radius 1 is 1.15 bits per heavy atom. The molecule has 1 aromatic heterocycles. The van der Waals surface area contributed by atoms with E-state index >= 15 is 0 Å². The molecule has 0 saturated carbocycles. The number of nitrogens with two attached hydrogens (primary N) is 1. The Kier molecular flexibility index (Phi) is 5.23. The van der Waals surface area contributed by atoms with Crippen LogP contribution in [0.2, 0.25) is 0 Å². The summed E-state index contributed by atoms with van der Waals surface area (Å²) in [5.41, 5.74) is 7.71. The van der Waals surface area contributed by atoms with E-state index < -0.39 is 0 Å². The molecule has 0 bridgehead atoms. The van der Waals surface area contributed by atoms with E-state index in [0.717, 1.165) is 54.7 Å². The van der Waals surface area contributed by atoms with Crippen molar-refractivity contribution in [2.75, 3.05) is 19.6 Å². The van der Waals surface area contributed by atoms with Crippen LogP contribution in [0.25, 0.3) is 11.5 Å². The van der Waals surface area contributed by atoms with Crippen LogP contribution in [0, 0.1) is 12.8 Å². The lowest BCUT2D eigenvalue weighted by atomic mass is 10.1. The van der Waals surface area contributed by atoms with Crippen LogP contribution in [0.3, 0.4) is 0 Å². The first-order chi connectivity index (χ1) is 13.2. The quantitative estimate of drug-likeness (QED) is 0.710. The topological polar surface area (TPSA) is 64.5 Å². The maximum absolute atomic E-state index is 5.95. The SMILES string of the molecule is Cc1oc(-c2cccc(Oc3ccccc3)c2)nc1CN1CC[C@@H](CN)C1. The Balaban J connectivity index is 1.50. The minimum absolute atomic E-state index is 0.600. The third-order valence-corrected chi connectivity index (χ3v) is 5.03. The second kappa shape index (κ2) is 7.94. The summed E-state index contributed by atoms with van der Waals surface area (Å²) in [5, 5.41) is 0. The maximum Gasteiger partial charge on any atom is 0.226 e. The van der Waals surface area contributed by atoms with Crippen molar-refractivity contribution in [3.05, 3.63) is 66.1 Å². The van der Waals surface area contributed by atoms with Gasteiger partial charge in [-0.2, -0.15) is 0 Å². The van der Waals surface area contributed by atoms with Gasteiger partial charge in [0.05, 0.1) is 5.69 Å². The Labute approximate surface area is 159 Å². The van der Waals surface area contributed by atoms with Crippen molar-refractivity contribution < 1.29 is 9.15 Å². The standard InChI is InChI=1S/C22H25N3O2/c1-16-21(15-25-11-10-17(13-23)14-25)24-22(26-16)18-6-5-9-20(12-18)27-19-7-3-2-4-8-19/h2-9,12,17H,10-11,13-15,23H2,1H3/t17-/m0/s1. The minimum Gasteiger partial charge on any atom is -0.457 e. The van der Waals surface area contributed by atoms with Gasteiger partial charge < -0.3 is 14.9 Å². The molecule has 2 aromatic carbocycles. The van der Waals surface area contributed by atoms with Crippen LogP contribution >= 0.6 is 0 Å². The second-order valence-electron chi connectivity index (χ2n) is 7.09. The number of ether oxygens (including phenoxy) is 1. The van der Waals surface area contributed by atoms with Crippen LogP contribution in [0.15, 0.2) is 59.0 Å². The monoisotopic (exact) mass is 363 g/mol. The predicted molar refractivity (Wildman–Crippen MR) is 106 cm³/mol. The summed E-state index contributed by atoms with van der Waals surface area (Å²) in [6.07, 6.45) is 1.17. The number of benzene rings is 2. The van der Waals surface area contributed by atoms with Crippen molar-refractivity contribution in [3.8, 4) is 23.0 Å². The molecule has 140 valence electrons. The summed E-state index contributed by atoms with van der Waals surface area (Å²) in [6.45, 7) is 5.66. The molecular formula is C22H25N3O2. The molecule has 0 radical (unpaired) electrons. The fraction of sp³-hybridized carbons (Fsp3) is 0.318. The number of aryl methyl sites for hydroxylation is 1. The molecule has 1 saturated heterocycles. The van der Waals surface area contributed by atoms with E-state index in [4.69, 9.17) is 19.9 Å². The van der Waals surface area contributed by atoms with E-state index in [1.807, 2.05) is 61.5 Å². The van der Waals surface area contributed by atoms with Gasteiger partial charge in [0.1, 0.15) is 17.3 Å². The third kappa shape index (κ3) is 4.21. The van der Waals surface area contributed by atoms with Gasteiger partial charge in [-0.25, -0.2) is 4.98 Å². The molecule has 0 unspecified atom stereocenters. The molecule has 0 aliphatic carbocycles. The third-order valence-electron chi connectivity index (χ3n) is 5.03. The molecule has 5 heteroatoms. The zero-order valence-electron chi connectivity index (χ0n) is 15.6. The van der Waals surface area contributed by atoms with Crippen LogP contribution in [0.1, 0.15) is 17.9 Å². The number of rotatable bonds is 6. The molecule has 1 aliphatic heterocycles. The van der Waals surface area contributed by atoms with Gasteiger partial charge in [0.2, 0.25) is 5.89 Å². The lowest BCUT2D eigenvalue weighted by molar-refractivity contribution is 0.312. The Morgan fingerprint density at radius 3 is 2.74 bits per heavy atom. The van der Waals surface area contributed by atoms with Crippen molar-refractivity contribution >= 4 is 0 Å². The average molecular weight is 363 g/mol. The number of hydrogen-bond donors (Lipinski definition) is 1. The molecule has 27 heavy (non-hydrogen) atoms. The fourth-order valence-corrected chi connectivity index (χ4v) is 3.48. The number of nitrogens with zero attached hydrogens (tertiary/aromatic N) is 2. The number of para-hydroxylation sites is 1. The molecule has 0 amide bonds. The highest BCUT2D eigenvalue weighted by Gasteiger charge is 2.23. The first-order valence-corrected chi connectivity index (χ1v) is 9.43. The fourth-order valence-electron chi connectivity index (χ4n) is 3.48. The summed E-state index contributed by atoms with van der Waals surface area (Å²) >= 11 is 0. The number of likely N-dealkylation sites (tertiary alicyclic amines) is 1. The van der Waals surface area contributed by atoms with Crippen LogP contribution in [0.4, 0.5) is 0 Å². The van der Waals surface area contributed by atoms with E-state index in [-0.39, 0.29) is 0 Å². The molecule has 5 nitrogen and oxygen atoms in total. The van der Waals surface area contributed by atoms with E-state index in [1.165, 1.54) is 6.42 Å². The molecule has 3 aromatic rings.